The van der Waals surface area contributed by atoms with E-state index in [9.17, 15) is 14.4 Å². The van der Waals surface area contributed by atoms with Crippen LogP contribution in [-0.4, -0.2) is 35.9 Å². The molecule has 0 spiro atoms. The van der Waals surface area contributed by atoms with Crippen LogP contribution in [-0.2, 0) is 11.3 Å². The van der Waals surface area contributed by atoms with Crippen molar-refractivity contribution in [3.63, 3.8) is 0 Å². The first kappa shape index (κ1) is 15.8. The number of carbonyl (C=O) groups is 3. The molecule has 1 aromatic carbocycles. The van der Waals surface area contributed by atoms with Crippen molar-refractivity contribution in [1.82, 2.24) is 10.3 Å². The van der Waals surface area contributed by atoms with E-state index in [2.05, 4.69) is 10.3 Å². The summed E-state index contributed by atoms with van der Waals surface area (Å²) in [5.41, 5.74) is 2.40. The zero-order chi connectivity index (χ0) is 17.1. The molecule has 7 heteroatoms. The molecule has 1 fully saturated rings. The van der Waals surface area contributed by atoms with E-state index < -0.39 is 0 Å². The summed E-state index contributed by atoms with van der Waals surface area (Å²) < 4.78 is 4.92. The van der Waals surface area contributed by atoms with Crippen LogP contribution in [0.15, 0.2) is 36.5 Å². The topological polar surface area (TPSA) is 91.5 Å². The predicted octanol–water partition coefficient (Wildman–Crippen LogP) is 2.10. The highest BCUT2D eigenvalue weighted by Gasteiger charge is 2.23. The number of nitrogens with zero attached hydrogens (tertiary/aromatic N) is 1. The van der Waals surface area contributed by atoms with Gasteiger partial charge in [-0.1, -0.05) is 12.1 Å². The van der Waals surface area contributed by atoms with E-state index >= 15 is 0 Å². The lowest BCUT2D eigenvalue weighted by atomic mass is 10.2. The Labute approximate surface area is 138 Å². The van der Waals surface area contributed by atoms with Gasteiger partial charge >= 0.3 is 6.09 Å². The fraction of sp³-hybridized carbons (Fsp3) is 0.235. The highest BCUT2D eigenvalue weighted by Crippen LogP contribution is 2.20. The second kappa shape index (κ2) is 6.57. The Bertz CT molecular complexity index is 797. The highest BCUT2D eigenvalue weighted by molar-refractivity contribution is 5.99. The van der Waals surface area contributed by atoms with Crippen LogP contribution in [0.1, 0.15) is 33.3 Å². The Kier molecular flexibility index (Phi) is 4.33. The van der Waals surface area contributed by atoms with E-state index in [1.54, 1.807) is 4.90 Å². The van der Waals surface area contributed by atoms with Crippen molar-refractivity contribution in [2.45, 2.75) is 13.5 Å². The van der Waals surface area contributed by atoms with E-state index in [0.29, 0.717) is 31.0 Å². The minimum atomic E-state index is -0.362. The number of rotatable bonds is 5. The van der Waals surface area contributed by atoms with Crippen molar-refractivity contribution in [3.8, 4) is 0 Å². The SMILES string of the molecule is CC(=O)c1c[nH]c(C(=O)NCc2cccc(N3CCOC3=O)c2)c1. The minimum absolute atomic E-state index is 0.101. The number of ketones is 1. The Balaban J connectivity index is 1.64. The van der Waals surface area contributed by atoms with Gasteiger partial charge in [0.15, 0.2) is 5.78 Å². The molecule has 0 saturated carbocycles. The fourth-order valence-electron chi connectivity index (χ4n) is 2.47. The maximum atomic E-state index is 12.1. The van der Waals surface area contributed by atoms with E-state index in [0.717, 1.165) is 11.3 Å². The monoisotopic (exact) mass is 327 g/mol. The molecule has 2 heterocycles. The molecule has 0 aliphatic carbocycles. The minimum Gasteiger partial charge on any atom is -0.447 e. The number of H-pyrrole nitrogens is 1. The summed E-state index contributed by atoms with van der Waals surface area (Å²) >= 11 is 0. The summed E-state index contributed by atoms with van der Waals surface area (Å²) in [6.45, 7) is 2.65. The van der Waals surface area contributed by atoms with Gasteiger partial charge in [0, 0.05) is 24.0 Å². The molecule has 24 heavy (non-hydrogen) atoms. The number of ether oxygens (including phenoxy) is 1. The van der Waals surface area contributed by atoms with E-state index in [1.807, 2.05) is 24.3 Å². The van der Waals surface area contributed by atoms with Gasteiger partial charge < -0.3 is 15.0 Å². The predicted molar refractivity (Wildman–Crippen MR) is 87.1 cm³/mol. The molecule has 2 aromatic rings. The van der Waals surface area contributed by atoms with E-state index in [1.165, 1.54) is 19.2 Å². The number of aromatic amines is 1. The van der Waals surface area contributed by atoms with Crippen LogP contribution in [0.3, 0.4) is 0 Å². The van der Waals surface area contributed by atoms with Crippen molar-refractivity contribution in [3.05, 3.63) is 53.3 Å². The quantitative estimate of drug-likeness (QED) is 0.823. The van der Waals surface area contributed by atoms with Crippen LogP contribution in [0.2, 0.25) is 0 Å². The Morgan fingerprint density at radius 2 is 2.17 bits per heavy atom. The highest BCUT2D eigenvalue weighted by atomic mass is 16.6. The molecule has 2 N–H and O–H groups in total. The van der Waals surface area contributed by atoms with Crippen LogP contribution in [0.5, 0.6) is 0 Å². The number of cyclic esters (lactones) is 1. The lowest BCUT2D eigenvalue weighted by Gasteiger charge is -2.14. The normalized spacial score (nSPS) is 13.7. The smallest absolute Gasteiger partial charge is 0.414 e. The summed E-state index contributed by atoms with van der Waals surface area (Å²) in [6, 6.07) is 8.87. The molecule has 7 nitrogen and oxygen atoms in total. The Morgan fingerprint density at radius 1 is 1.33 bits per heavy atom. The number of carbonyl (C=O) groups excluding carboxylic acids is 3. The molecule has 1 aromatic heterocycles. The largest absolute Gasteiger partial charge is 0.447 e. The number of amides is 2. The number of aromatic nitrogens is 1. The molecule has 1 aliphatic heterocycles. The second-order valence-corrected chi connectivity index (χ2v) is 5.48. The van der Waals surface area contributed by atoms with Crippen LogP contribution in [0.4, 0.5) is 10.5 Å². The molecule has 1 saturated heterocycles. The lowest BCUT2D eigenvalue weighted by molar-refractivity contribution is 0.0946. The number of anilines is 1. The summed E-state index contributed by atoms with van der Waals surface area (Å²) in [5, 5.41) is 2.78. The average molecular weight is 327 g/mol. The summed E-state index contributed by atoms with van der Waals surface area (Å²) in [5.74, 6) is -0.399. The first-order valence-electron chi connectivity index (χ1n) is 7.55. The molecule has 3 rings (SSSR count). The zero-order valence-corrected chi connectivity index (χ0v) is 13.2. The van der Waals surface area contributed by atoms with Crippen molar-refractivity contribution < 1.29 is 19.1 Å². The number of hydrogen-bond donors (Lipinski definition) is 2. The molecule has 0 atom stereocenters. The van der Waals surface area contributed by atoms with Crippen LogP contribution in [0, 0.1) is 0 Å². The third kappa shape index (κ3) is 3.29. The van der Waals surface area contributed by atoms with Crippen molar-refractivity contribution in [2.75, 3.05) is 18.1 Å². The van der Waals surface area contributed by atoms with Gasteiger partial charge in [-0.05, 0) is 30.7 Å². The summed E-state index contributed by atoms with van der Waals surface area (Å²) in [4.78, 5) is 39.3. The molecule has 2 amide bonds. The van der Waals surface area contributed by atoms with Gasteiger partial charge in [0.1, 0.15) is 12.3 Å². The van der Waals surface area contributed by atoms with Gasteiger partial charge in [-0.25, -0.2) is 4.79 Å². The third-order valence-corrected chi connectivity index (χ3v) is 3.77. The number of Topliss-reactive ketones (excluding diaryl/α,β-unsaturated/α-hetero) is 1. The first-order chi connectivity index (χ1) is 11.5. The van der Waals surface area contributed by atoms with Gasteiger partial charge in [-0.15, -0.1) is 0 Å². The standard InChI is InChI=1S/C17H17N3O4/c1-11(21)13-8-15(18-10-13)16(22)19-9-12-3-2-4-14(7-12)20-5-6-24-17(20)23/h2-4,7-8,10,18H,5-6,9H2,1H3,(H,19,22). The maximum Gasteiger partial charge on any atom is 0.414 e. The average Bonchev–Trinajstić information content (AvgIpc) is 3.22. The summed E-state index contributed by atoms with van der Waals surface area (Å²) in [7, 11) is 0. The van der Waals surface area contributed by atoms with Gasteiger partial charge in [0.2, 0.25) is 0 Å². The van der Waals surface area contributed by atoms with E-state index in [-0.39, 0.29) is 17.8 Å². The fourth-order valence-corrected chi connectivity index (χ4v) is 2.47. The number of benzene rings is 1. The Hall–Kier alpha value is -3.09. The molecule has 0 radical (unpaired) electrons. The zero-order valence-electron chi connectivity index (χ0n) is 13.2. The van der Waals surface area contributed by atoms with E-state index in [4.69, 9.17) is 4.74 Å². The number of hydrogen-bond acceptors (Lipinski definition) is 4. The number of nitrogens with one attached hydrogen (secondary N) is 2. The Morgan fingerprint density at radius 3 is 2.83 bits per heavy atom. The third-order valence-electron chi connectivity index (χ3n) is 3.77. The van der Waals surface area contributed by atoms with Crippen molar-refractivity contribution >= 4 is 23.5 Å². The molecule has 0 unspecified atom stereocenters. The van der Waals surface area contributed by atoms with Crippen LogP contribution >= 0.6 is 0 Å². The molecular formula is C17H17N3O4. The molecule has 0 bridgehead atoms. The van der Waals surface area contributed by atoms with Gasteiger partial charge in [-0.3, -0.25) is 14.5 Å². The first-order valence-corrected chi connectivity index (χ1v) is 7.55. The second-order valence-electron chi connectivity index (χ2n) is 5.48. The van der Waals surface area contributed by atoms with Gasteiger partial charge in [0.25, 0.3) is 5.91 Å². The lowest BCUT2D eigenvalue weighted by Crippen LogP contribution is -2.25. The van der Waals surface area contributed by atoms with Crippen LogP contribution < -0.4 is 10.2 Å². The molecule has 124 valence electrons. The summed E-state index contributed by atoms with van der Waals surface area (Å²) in [6.07, 6.45) is 1.15. The molecule has 1 aliphatic rings. The van der Waals surface area contributed by atoms with Crippen LogP contribution in [0.25, 0.3) is 0 Å². The van der Waals surface area contributed by atoms with Gasteiger partial charge in [-0.2, -0.15) is 0 Å². The van der Waals surface area contributed by atoms with Crippen molar-refractivity contribution in [1.29, 1.82) is 0 Å². The van der Waals surface area contributed by atoms with Gasteiger partial charge in [0.05, 0.1) is 6.54 Å². The van der Waals surface area contributed by atoms with Crippen molar-refractivity contribution in [2.24, 2.45) is 0 Å². The molecular weight excluding hydrogens is 310 g/mol. The maximum absolute atomic E-state index is 12.1.